The van der Waals surface area contributed by atoms with Crippen molar-refractivity contribution in [1.82, 2.24) is 9.97 Å². The van der Waals surface area contributed by atoms with Crippen LogP contribution in [-0.2, 0) is 21.7 Å². The molecule has 6 aromatic rings. The van der Waals surface area contributed by atoms with Crippen molar-refractivity contribution in [2.75, 3.05) is 0 Å². The molecule has 0 spiro atoms. The second-order valence-electron chi connectivity index (χ2n) is 17.9. The smallest absolute Gasteiger partial charge is 0.231 e. The Morgan fingerprint density at radius 2 is 1.04 bits per heavy atom. The lowest BCUT2D eigenvalue weighted by Gasteiger charge is -2.26. The van der Waals surface area contributed by atoms with Crippen LogP contribution >= 0.6 is 0 Å². The fourth-order valence-corrected chi connectivity index (χ4v) is 6.24. The number of nitrogens with zero attached hydrogens (tertiary/aromatic N) is 2. The molecule has 4 nitrogen and oxygen atoms in total. The Hall–Kier alpha value is -4.70. The monoisotopic (exact) mass is 664 g/mol. The summed E-state index contributed by atoms with van der Waals surface area (Å²) >= 11 is 0. The minimum Gasteiger partial charge on any atom is -0.507 e. The highest BCUT2D eigenvalue weighted by atomic mass is 16.3. The van der Waals surface area contributed by atoms with Crippen LogP contribution in [0.15, 0.2) is 95.5 Å². The van der Waals surface area contributed by atoms with Crippen LogP contribution in [0, 0.1) is 0 Å². The second kappa shape index (κ2) is 12.3. The first-order valence-corrected chi connectivity index (χ1v) is 17.7. The number of aromatic nitrogens is 2. The van der Waals surface area contributed by atoms with Crippen molar-refractivity contribution < 1.29 is 9.52 Å². The molecule has 0 bridgehead atoms. The van der Waals surface area contributed by atoms with Crippen molar-refractivity contribution in [2.45, 2.75) is 105 Å². The van der Waals surface area contributed by atoms with Gasteiger partial charge in [-0.2, -0.15) is 0 Å². The number of hydrogen-bond donors (Lipinski definition) is 1. The van der Waals surface area contributed by atoms with Crippen molar-refractivity contribution in [3.63, 3.8) is 0 Å². The van der Waals surface area contributed by atoms with Crippen LogP contribution in [0.5, 0.6) is 5.75 Å². The van der Waals surface area contributed by atoms with Gasteiger partial charge in [-0.25, -0.2) is 4.98 Å². The molecule has 4 heteroatoms. The standard InChI is InChI=1S/C46H52N2O2/c1-43(2,3)32-22-30(37-26-35(46(10,11)12)27-40-41(37)48-42(50-40)36-15-13-14-16-39(36)49)19-31(23-32)38-24-28(17-18-47-38)29-20-33(44(4,5)6)25-34(21-29)45(7,8)9/h13-27,49H,1-12H3. The van der Waals surface area contributed by atoms with Gasteiger partial charge in [-0.05, 0) is 109 Å². The van der Waals surface area contributed by atoms with Crippen molar-refractivity contribution in [1.29, 1.82) is 0 Å². The Kier molecular flexibility index (Phi) is 8.62. The van der Waals surface area contributed by atoms with Crippen molar-refractivity contribution in [3.8, 4) is 50.7 Å². The van der Waals surface area contributed by atoms with E-state index >= 15 is 0 Å². The molecule has 258 valence electrons. The van der Waals surface area contributed by atoms with Gasteiger partial charge in [0.2, 0.25) is 5.89 Å². The number of benzene rings is 4. The van der Waals surface area contributed by atoms with Crippen molar-refractivity contribution in [2.24, 2.45) is 0 Å². The molecule has 2 aromatic heterocycles. The van der Waals surface area contributed by atoms with Crippen molar-refractivity contribution in [3.05, 3.63) is 113 Å². The van der Waals surface area contributed by atoms with Gasteiger partial charge in [0.05, 0.1) is 11.3 Å². The fourth-order valence-electron chi connectivity index (χ4n) is 6.24. The van der Waals surface area contributed by atoms with Gasteiger partial charge in [-0.15, -0.1) is 0 Å². The fraction of sp³-hybridized carbons (Fsp3) is 0.348. The predicted molar refractivity (Wildman–Crippen MR) is 210 cm³/mol. The second-order valence-corrected chi connectivity index (χ2v) is 17.9. The number of phenolic OH excluding ortho intramolecular Hbond substituents is 1. The molecule has 50 heavy (non-hydrogen) atoms. The number of pyridine rings is 1. The Morgan fingerprint density at radius 3 is 1.64 bits per heavy atom. The average molecular weight is 665 g/mol. The Labute approximate surface area is 298 Å². The van der Waals surface area contributed by atoms with Gasteiger partial charge in [0.1, 0.15) is 11.3 Å². The third-order valence-electron chi connectivity index (χ3n) is 9.66. The van der Waals surface area contributed by atoms with Gasteiger partial charge >= 0.3 is 0 Å². The molecule has 0 atom stereocenters. The molecule has 0 aliphatic rings. The number of aromatic hydroxyl groups is 1. The van der Waals surface area contributed by atoms with E-state index in [1.165, 1.54) is 22.3 Å². The van der Waals surface area contributed by atoms with Gasteiger partial charge in [0.15, 0.2) is 5.58 Å². The van der Waals surface area contributed by atoms with Crippen LogP contribution in [0.2, 0.25) is 0 Å². The van der Waals surface area contributed by atoms with Crippen LogP contribution in [0.1, 0.15) is 105 Å². The maximum Gasteiger partial charge on any atom is 0.231 e. The molecule has 0 saturated carbocycles. The Balaban J connectivity index is 1.57. The number of fused-ring (bicyclic) bond motifs is 1. The van der Waals surface area contributed by atoms with E-state index in [4.69, 9.17) is 14.4 Å². The van der Waals surface area contributed by atoms with Crippen LogP contribution < -0.4 is 0 Å². The minimum absolute atomic E-state index is 0.0228. The zero-order chi connectivity index (χ0) is 36.4. The summed E-state index contributed by atoms with van der Waals surface area (Å²) in [7, 11) is 0. The average Bonchev–Trinajstić information content (AvgIpc) is 3.47. The third kappa shape index (κ3) is 7.12. The highest BCUT2D eigenvalue weighted by molar-refractivity contribution is 5.94. The van der Waals surface area contributed by atoms with E-state index in [0.717, 1.165) is 39.0 Å². The lowest BCUT2D eigenvalue weighted by atomic mass is 9.79. The number of rotatable bonds is 4. The van der Waals surface area contributed by atoms with Crippen LogP contribution in [0.25, 0.3) is 56.1 Å². The SMILES string of the molecule is CC(C)(C)c1cc(-c2cc(-c3cc(C(C)(C)C)cc(C(C)(C)C)c3)ccn2)cc(-c2cc(C(C)(C)C)cc3oc(-c4ccccc4O)nc23)c1. The van der Waals surface area contributed by atoms with Gasteiger partial charge < -0.3 is 9.52 Å². The molecule has 0 radical (unpaired) electrons. The number of hydrogen-bond acceptors (Lipinski definition) is 4. The van der Waals surface area contributed by atoms with Gasteiger partial charge in [0.25, 0.3) is 0 Å². The van der Waals surface area contributed by atoms with Crippen LogP contribution in [-0.4, -0.2) is 15.1 Å². The topological polar surface area (TPSA) is 59.2 Å². The lowest BCUT2D eigenvalue weighted by Crippen LogP contribution is -2.16. The summed E-state index contributed by atoms with van der Waals surface area (Å²) in [6.45, 7) is 27.1. The normalized spacial score (nSPS) is 12.9. The highest BCUT2D eigenvalue weighted by Crippen LogP contribution is 2.41. The molecule has 4 aromatic carbocycles. The lowest BCUT2D eigenvalue weighted by molar-refractivity contribution is 0.474. The molecule has 2 heterocycles. The maximum atomic E-state index is 10.7. The molecular weight excluding hydrogens is 613 g/mol. The zero-order valence-electron chi connectivity index (χ0n) is 31.9. The molecule has 0 aliphatic heterocycles. The minimum atomic E-state index is -0.126. The molecule has 1 N–H and O–H groups in total. The first-order chi connectivity index (χ1) is 23.2. The first kappa shape index (κ1) is 35.1. The van der Waals surface area contributed by atoms with E-state index in [1.54, 1.807) is 12.1 Å². The van der Waals surface area contributed by atoms with Crippen molar-refractivity contribution >= 4 is 11.1 Å². The van der Waals surface area contributed by atoms with E-state index in [0.29, 0.717) is 17.0 Å². The molecule has 0 unspecified atom stereocenters. The van der Waals surface area contributed by atoms with E-state index < -0.39 is 0 Å². The third-order valence-corrected chi connectivity index (χ3v) is 9.66. The van der Waals surface area contributed by atoms with Gasteiger partial charge in [0, 0.05) is 17.3 Å². The summed E-state index contributed by atoms with van der Waals surface area (Å²) < 4.78 is 6.39. The molecule has 6 rings (SSSR count). The molecule has 0 aliphatic carbocycles. The summed E-state index contributed by atoms with van der Waals surface area (Å²) in [4.78, 5) is 9.95. The van der Waals surface area contributed by atoms with E-state index in [-0.39, 0.29) is 27.4 Å². The summed E-state index contributed by atoms with van der Waals surface area (Å²) in [5.74, 6) is 0.543. The first-order valence-electron chi connectivity index (χ1n) is 17.7. The van der Waals surface area contributed by atoms with Gasteiger partial charge in [-0.1, -0.05) is 119 Å². The van der Waals surface area contributed by atoms with Gasteiger partial charge in [-0.3, -0.25) is 4.98 Å². The summed E-state index contributed by atoms with van der Waals surface area (Å²) in [6, 6.07) is 29.7. The molecule has 0 amide bonds. The quantitative estimate of drug-likeness (QED) is 0.204. The maximum absolute atomic E-state index is 10.7. The molecule has 0 saturated heterocycles. The number of para-hydroxylation sites is 1. The molecular formula is C46H52N2O2. The predicted octanol–water partition coefficient (Wildman–Crippen LogP) is 12.8. The Morgan fingerprint density at radius 1 is 0.500 bits per heavy atom. The highest BCUT2D eigenvalue weighted by Gasteiger charge is 2.25. The molecule has 0 fully saturated rings. The van der Waals surface area contributed by atoms with E-state index in [9.17, 15) is 5.11 Å². The van der Waals surface area contributed by atoms with Crippen LogP contribution in [0.3, 0.4) is 0 Å². The summed E-state index contributed by atoms with van der Waals surface area (Å²) in [5, 5.41) is 10.7. The van der Waals surface area contributed by atoms with E-state index in [1.807, 2.05) is 18.3 Å². The van der Waals surface area contributed by atoms with E-state index in [2.05, 4.69) is 144 Å². The zero-order valence-corrected chi connectivity index (χ0v) is 31.9. The number of phenols is 1. The van der Waals surface area contributed by atoms with Crippen LogP contribution in [0.4, 0.5) is 0 Å². The summed E-state index contributed by atoms with van der Waals surface area (Å²) in [5.41, 5.74) is 13.2. The largest absolute Gasteiger partial charge is 0.507 e. The number of oxazole rings is 1. The Bertz CT molecular complexity index is 2180. The summed E-state index contributed by atoms with van der Waals surface area (Å²) in [6.07, 6.45) is 1.93.